The van der Waals surface area contributed by atoms with Gasteiger partial charge in [-0.15, -0.1) is 11.8 Å². The molecule has 2 aromatic rings. The van der Waals surface area contributed by atoms with E-state index in [1.165, 1.54) is 19.2 Å². The van der Waals surface area contributed by atoms with Gasteiger partial charge in [-0.3, -0.25) is 0 Å². The first-order valence-electron chi connectivity index (χ1n) is 5.33. The molecule has 1 nitrogen and oxygen atoms in total. The van der Waals surface area contributed by atoms with Crippen molar-refractivity contribution in [2.24, 2.45) is 0 Å². The molecule has 0 aliphatic carbocycles. The second-order valence-corrected chi connectivity index (χ2v) is 4.57. The summed E-state index contributed by atoms with van der Waals surface area (Å²) >= 11 is 1.58. The Morgan fingerprint density at radius 1 is 1.00 bits per heavy atom. The van der Waals surface area contributed by atoms with Gasteiger partial charge < -0.3 is 4.74 Å². The zero-order valence-electron chi connectivity index (χ0n) is 10.0. The van der Waals surface area contributed by atoms with Gasteiger partial charge in [0.1, 0.15) is 17.4 Å². The number of ether oxygens (including phenoxy) is 1. The number of hydrogen-bond acceptors (Lipinski definition) is 2. The third kappa shape index (κ3) is 2.48. The zero-order chi connectivity index (χ0) is 13.1. The van der Waals surface area contributed by atoms with Crippen LogP contribution in [0, 0.1) is 11.6 Å². The van der Waals surface area contributed by atoms with Crippen molar-refractivity contribution >= 4 is 11.8 Å². The highest BCUT2D eigenvalue weighted by Gasteiger charge is 2.13. The van der Waals surface area contributed by atoms with Gasteiger partial charge in [-0.1, -0.05) is 12.1 Å². The van der Waals surface area contributed by atoms with Crippen molar-refractivity contribution in [3.8, 4) is 16.9 Å². The van der Waals surface area contributed by atoms with Crippen LogP contribution in [0.3, 0.4) is 0 Å². The lowest BCUT2D eigenvalue weighted by atomic mass is 10.0. The molecule has 0 aliphatic heterocycles. The van der Waals surface area contributed by atoms with Gasteiger partial charge in [-0.05, 0) is 24.0 Å². The van der Waals surface area contributed by atoms with Gasteiger partial charge in [0, 0.05) is 17.0 Å². The SMILES string of the molecule is COc1cc(F)c(-c2ccc(SC)cc2)c(F)c1. The maximum atomic E-state index is 13.8. The highest BCUT2D eigenvalue weighted by molar-refractivity contribution is 7.98. The fraction of sp³-hybridized carbons (Fsp3) is 0.143. The summed E-state index contributed by atoms with van der Waals surface area (Å²) in [4.78, 5) is 1.05. The number of hydrogen-bond donors (Lipinski definition) is 0. The zero-order valence-corrected chi connectivity index (χ0v) is 10.9. The Bertz CT molecular complexity index is 529. The van der Waals surface area contributed by atoms with Crippen LogP contribution in [-0.2, 0) is 0 Å². The summed E-state index contributed by atoms with van der Waals surface area (Å²) in [5.74, 6) is -1.07. The molecular formula is C14H12F2OS. The lowest BCUT2D eigenvalue weighted by Crippen LogP contribution is -1.93. The Morgan fingerprint density at radius 3 is 2.00 bits per heavy atom. The monoisotopic (exact) mass is 266 g/mol. The van der Waals surface area contributed by atoms with Crippen LogP contribution in [0.15, 0.2) is 41.3 Å². The lowest BCUT2D eigenvalue weighted by molar-refractivity contribution is 0.407. The smallest absolute Gasteiger partial charge is 0.137 e. The Labute approximate surface area is 109 Å². The van der Waals surface area contributed by atoms with Gasteiger partial charge in [-0.25, -0.2) is 8.78 Å². The first-order chi connectivity index (χ1) is 8.65. The highest BCUT2D eigenvalue weighted by atomic mass is 32.2. The van der Waals surface area contributed by atoms with Gasteiger partial charge >= 0.3 is 0 Å². The molecule has 2 aromatic carbocycles. The summed E-state index contributed by atoms with van der Waals surface area (Å²) in [5.41, 5.74) is 0.494. The molecule has 0 aromatic heterocycles. The molecule has 94 valence electrons. The van der Waals surface area contributed by atoms with E-state index in [4.69, 9.17) is 4.74 Å². The first-order valence-corrected chi connectivity index (χ1v) is 6.55. The molecule has 18 heavy (non-hydrogen) atoms. The van der Waals surface area contributed by atoms with Crippen LogP contribution in [0.5, 0.6) is 5.75 Å². The Balaban J connectivity index is 2.49. The van der Waals surface area contributed by atoms with Crippen LogP contribution in [0.25, 0.3) is 11.1 Å². The normalized spacial score (nSPS) is 10.4. The molecule has 2 rings (SSSR count). The van der Waals surface area contributed by atoms with Crippen LogP contribution >= 0.6 is 11.8 Å². The van der Waals surface area contributed by atoms with Crippen molar-refractivity contribution in [3.05, 3.63) is 48.0 Å². The molecule has 0 unspecified atom stereocenters. The van der Waals surface area contributed by atoms with Crippen LogP contribution in [0.4, 0.5) is 8.78 Å². The fourth-order valence-corrected chi connectivity index (χ4v) is 2.11. The Kier molecular flexibility index (Phi) is 3.87. The predicted octanol–water partition coefficient (Wildman–Crippen LogP) is 4.36. The summed E-state index contributed by atoms with van der Waals surface area (Å²) in [5, 5.41) is 0. The summed E-state index contributed by atoms with van der Waals surface area (Å²) in [6.07, 6.45) is 1.95. The van der Waals surface area contributed by atoms with Gasteiger partial charge in [0.25, 0.3) is 0 Å². The number of thioether (sulfide) groups is 1. The summed E-state index contributed by atoms with van der Waals surface area (Å²) in [6.45, 7) is 0. The average molecular weight is 266 g/mol. The fourth-order valence-electron chi connectivity index (χ4n) is 1.70. The minimum atomic E-state index is -0.622. The minimum Gasteiger partial charge on any atom is -0.497 e. The molecule has 4 heteroatoms. The van der Waals surface area contributed by atoms with Gasteiger partial charge in [0.2, 0.25) is 0 Å². The third-order valence-electron chi connectivity index (χ3n) is 2.63. The predicted molar refractivity (Wildman–Crippen MR) is 70.1 cm³/mol. The molecule has 0 heterocycles. The standard InChI is InChI=1S/C14H12F2OS/c1-17-10-7-12(15)14(13(16)8-10)9-3-5-11(18-2)6-4-9/h3-8H,1-2H3. The van der Waals surface area contributed by atoms with E-state index in [1.54, 1.807) is 23.9 Å². The van der Waals surface area contributed by atoms with E-state index < -0.39 is 11.6 Å². The largest absolute Gasteiger partial charge is 0.497 e. The summed E-state index contributed by atoms with van der Waals surface area (Å²) < 4.78 is 32.5. The molecule has 0 saturated heterocycles. The van der Waals surface area contributed by atoms with E-state index in [2.05, 4.69) is 0 Å². The number of halogens is 2. The second-order valence-electron chi connectivity index (χ2n) is 3.69. The molecule has 0 amide bonds. The van der Waals surface area contributed by atoms with Gasteiger partial charge in [0.05, 0.1) is 12.7 Å². The van der Waals surface area contributed by atoms with E-state index in [-0.39, 0.29) is 11.3 Å². The highest BCUT2D eigenvalue weighted by Crippen LogP contribution is 2.30. The number of rotatable bonds is 3. The van der Waals surface area contributed by atoms with E-state index in [9.17, 15) is 8.78 Å². The molecule has 0 bridgehead atoms. The molecular weight excluding hydrogens is 254 g/mol. The second kappa shape index (κ2) is 5.40. The van der Waals surface area contributed by atoms with Crippen molar-refractivity contribution in [3.63, 3.8) is 0 Å². The van der Waals surface area contributed by atoms with Crippen molar-refractivity contribution < 1.29 is 13.5 Å². The van der Waals surface area contributed by atoms with Crippen LogP contribution in [-0.4, -0.2) is 13.4 Å². The molecule has 0 fully saturated rings. The van der Waals surface area contributed by atoms with E-state index in [1.807, 2.05) is 18.4 Å². The summed E-state index contributed by atoms with van der Waals surface area (Å²) in [6, 6.07) is 9.45. The maximum absolute atomic E-state index is 13.8. The van der Waals surface area contributed by atoms with E-state index in [0.717, 1.165) is 4.90 Å². The molecule has 0 N–H and O–H groups in total. The van der Waals surface area contributed by atoms with Crippen molar-refractivity contribution in [2.45, 2.75) is 4.90 Å². The average Bonchev–Trinajstić information content (AvgIpc) is 2.38. The maximum Gasteiger partial charge on any atom is 0.137 e. The van der Waals surface area contributed by atoms with Crippen LogP contribution in [0.1, 0.15) is 0 Å². The Morgan fingerprint density at radius 2 is 1.56 bits per heavy atom. The quantitative estimate of drug-likeness (QED) is 0.763. The van der Waals surface area contributed by atoms with Gasteiger partial charge in [-0.2, -0.15) is 0 Å². The molecule has 0 atom stereocenters. The van der Waals surface area contributed by atoms with Crippen LogP contribution < -0.4 is 4.74 Å². The molecule has 0 saturated carbocycles. The van der Waals surface area contributed by atoms with Crippen molar-refractivity contribution in [1.29, 1.82) is 0 Å². The van der Waals surface area contributed by atoms with E-state index >= 15 is 0 Å². The molecule has 0 radical (unpaired) electrons. The van der Waals surface area contributed by atoms with Crippen molar-refractivity contribution in [1.82, 2.24) is 0 Å². The Hall–Kier alpha value is -1.55. The van der Waals surface area contributed by atoms with Crippen LogP contribution in [0.2, 0.25) is 0 Å². The molecule has 0 aliphatic rings. The first kappa shape index (κ1) is 12.9. The van der Waals surface area contributed by atoms with Crippen molar-refractivity contribution in [2.75, 3.05) is 13.4 Å². The lowest BCUT2D eigenvalue weighted by Gasteiger charge is -2.08. The minimum absolute atomic E-state index is 0.0246. The van der Waals surface area contributed by atoms with Gasteiger partial charge in [0.15, 0.2) is 0 Å². The topological polar surface area (TPSA) is 9.23 Å². The van der Waals surface area contributed by atoms with E-state index in [0.29, 0.717) is 5.56 Å². The third-order valence-corrected chi connectivity index (χ3v) is 3.37. The number of methoxy groups -OCH3 is 1. The summed E-state index contributed by atoms with van der Waals surface area (Å²) in [7, 11) is 1.38. The number of benzene rings is 2. The molecule has 0 spiro atoms.